The molecule has 1 saturated heterocycles. The van der Waals surface area contributed by atoms with E-state index in [0.29, 0.717) is 12.2 Å². The second kappa shape index (κ2) is 8.54. The highest BCUT2D eigenvalue weighted by molar-refractivity contribution is 5.41. The number of hydrogen-bond donors (Lipinski definition) is 2. The molecule has 0 radical (unpaired) electrons. The summed E-state index contributed by atoms with van der Waals surface area (Å²) in [6.07, 6.45) is 9.77. The number of hydrogen-bond acceptors (Lipinski definition) is 5. The molecule has 2 N–H and O–H groups in total. The van der Waals surface area contributed by atoms with Gasteiger partial charge in [0.05, 0.1) is 5.92 Å². The van der Waals surface area contributed by atoms with Crippen molar-refractivity contribution >= 4 is 0 Å². The van der Waals surface area contributed by atoms with E-state index in [1.807, 2.05) is 12.2 Å². The molecule has 0 saturated carbocycles. The standard InChI is InChI=1S/C20H27NO4/c1-15-17(19-9-8-16(14-25-19)20(22)23)6-5-7-18(15)24-13-12-21-10-3-2-4-11-21/h5-6,8-9,15,20,22-23H,2-4,10-14H2,1H3. The van der Waals surface area contributed by atoms with E-state index in [-0.39, 0.29) is 12.5 Å². The van der Waals surface area contributed by atoms with Gasteiger partial charge in [-0.3, -0.25) is 4.90 Å². The third kappa shape index (κ3) is 4.65. The third-order valence-electron chi connectivity index (χ3n) is 4.92. The van der Waals surface area contributed by atoms with E-state index >= 15 is 0 Å². The van der Waals surface area contributed by atoms with Crippen LogP contribution >= 0.6 is 0 Å². The first-order chi connectivity index (χ1) is 12.1. The number of allylic oxidation sites excluding steroid dienone is 5. The van der Waals surface area contributed by atoms with Gasteiger partial charge < -0.3 is 19.7 Å². The van der Waals surface area contributed by atoms with E-state index in [2.05, 4.69) is 17.6 Å². The zero-order chi connectivity index (χ0) is 17.6. The minimum Gasteiger partial charge on any atom is -0.489 e. The van der Waals surface area contributed by atoms with Crippen molar-refractivity contribution in [3.8, 4) is 0 Å². The molecule has 0 amide bonds. The van der Waals surface area contributed by atoms with Crippen molar-refractivity contribution in [3.05, 3.63) is 52.7 Å². The van der Waals surface area contributed by atoms with Crippen molar-refractivity contribution in [3.63, 3.8) is 0 Å². The lowest BCUT2D eigenvalue weighted by molar-refractivity contribution is -0.0172. The van der Waals surface area contributed by atoms with Crippen LogP contribution in [-0.2, 0) is 9.47 Å². The molecule has 0 aromatic heterocycles. The summed E-state index contributed by atoms with van der Waals surface area (Å²) in [5.74, 6) is 1.63. The molecule has 3 rings (SSSR count). The number of nitrogens with zero attached hydrogens (tertiary/aromatic N) is 1. The fourth-order valence-electron chi connectivity index (χ4n) is 3.33. The van der Waals surface area contributed by atoms with Crippen molar-refractivity contribution in [1.82, 2.24) is 4.90 Å². The Morgan fingerprint density at radius 3 is 2.72 bits per heavy atom. The number of aliphatic hydroxyl groups excluding tert-OH is 1. The van der Waals surface area contributed by atoms with Crippen molar-refractivity contribution in [1.29, 1.82) is 0 Å². The average molecular weight is 345 g/mol. The van der Waals surface area contributed by atoms with Gasteiger partial charge in [-0.2, -0.15) is 0 Å². The summed E-state index contributed by atoms with van der Waals surface area (Å²) < 4.78 is 11.7. The quantitative estimate of drug-likeness (QED) is 0.571. The molecular weight excluding hydrogens is 318 g/mol. The maximum atomic E-state index is 9.19. The number of likely N-dealkylation sites (tertiary alicyclic amines) is 1. The number of aliphatic hydroxyl groups is 2. The van der Waals surface area contributed by atoms with Crippen LogP contribution in [0.15, 0.2) is 52.7 Å². The largest absolute Gasteiger partial charge is 0.489 e. The zero-order valence-electron chi connectivity index (χ0n) is 14.8. The van der Waals surface area contributed by atoms with E-state index in [9.17, 15) is 10.2 Å². The molecular formula is C20H27NO4. The molecule has 2 aliphatic heterocycles. The van der Waals surface area contributed by atoms with Crippen LogP contribution in [0.4, 0.5) is 0 Å². The highest BCUT2D eigenvalue weighted by Crippen LogP contribution is 2.31. The van der Waals surface area contributed by atoms with Gasteiger partial charge in [0.2, 0.25) is 0 Å². The molecule has 1 unspecified atom stereocenters. The monoisotopic (exact) mass is 345 g/mol. The molecule has 0 aromatic carbocycles. The molecule has 5 nitrogen and oxygen atoms in total. The van der Waals surface area contributed by atoms with E-state index in [0.717, 1.165) is 23.6 Å². The summed E-state index contributed by atoms with van der Waals surface area (Å²) >= 11 is 0. The highest BCUT2D eigenvalue weighted by atomic mass is 16.5. The van der Waals surface area contributed by atoms with Gasteiger partial charge >= 0.3 is 0 Å². The van der Waals surface area contributed by atoms with Gasteiger partial charge in [-0.15, -0.1) is 0 Å². The number of rotatable bonds is 6. The molecule has 2 heterocycles. The summed E-state index contributed by atoms with van der Waals surface area (Å²) in [4.78, 5) is 2.46. The summed E-state index contributed by atoms with van der Waals surface area (Å²) in [5.41, 5.74) is 4.68. The SMILES string of the molecule is CC1C(OCCN2CCCCC2)=C=CC=C1C1=CC=C(C(O)O)CO1. The Labute approximate surface area is 149 Å². The van der Waals surface area contributed by atoms with Crippen molar-refractivity contribution < 1.29 is 19.7 Å². The summed E-state index contributed by atoms with van der Waals surface area (Å²) in [5, 5.41) is 18.4. The fraction of sp³-hybridized carbons (Fsp3) is 0.550. The van der Waals surface area contributed by atoms with Crippen LogP contribution < -0.4 is 0 Å². The zero-order valence-corrected chi connectivity index (χ0v) is 14.8. The Balaban J connectivity index is 1.55. The topological polar surface area (TPSA) is 62.2 Å². The van der Waals surface area contributed by atoms with Gasteiger partial charge in [0, 0.05) is 17.7 Å². The molecule has 25 heavy (non-hydrogen) atoms. The Kier molecular flexibility index (Phi) is 6.16. The second-order valence-electron chi connectivity index (χ2n) is 6.70. The first-order valence-electron chi connectivity index (χ1n) is 9.07. The van der Waals surface area contributed by atoms with Crippen LogP contribution in [-0.4, -0.2) is 54.3 Å². The molecule has 0 spiro atoms. The maximum Gasteiger partial charge on any atom is 0.177 e. The Morgan fingerprint density at radius 2 is 2.04 bits per heavy atom. The summed E-state index contributed by atoms with van der Waals surface area (Å²) in [6.45, 7) is 6.24. The Bertz CT molecular complexity index is 632. The second-order valence-corrected chi connectivity index (χ2v) is 6.70. The first kappa shape index (κ1) is 18.0. The minimum atomic E-state index is -1.47. The Hall–Kier alpha value is -1.78. The highest BCUT2D eigenvalue weighted by Gasteiger charge is 2.24. The fourth-order valence-corrected chi connectivity index (χ4v) is 3.33. The normalized spacial score (nSPS) is 24.2. The predicted molar refractivity (Wildman–Crippen MR) is 95.4 cm³/mol. The Morgan fingerprint density at radius 1 is 1.24 bits per heavy atom. The van der Waals surface area contributed by atoms with Crippen molar-refractivity contribution in [2.75, 3.05) is 32.8 Å². The maximum absolute atomic E-state index is 9.19. The minimum absolute atomic E-state index is 0.0617. The van der Waals surface area contributed by atoms with Crippen LogP contribution in [0.5, 0.6) is 0 Å². The van der Waals surface area contributed by atoms with Crippen molar-refractivity contribution in [2.24, 2.45) is 5.92 Å². The van der Waals surface area contributed by atoms with E-state index in [1.165, 1.54) is 32.4 Å². The summed E-state index contributed by atoms with van der Waals surface area (Å²) in [6, 6.07) is 0. The molecule has 0 bridgehead atoms. The average Bonchev–Trinajstić information content (AvgIpc) is 2.64. The van der Waals surface area contributed by atoms with Gasteiger partial charge in [0.1, 0.15) is 24.7 Å². The molecule has 1 atom stereocenters. The van der Waals surface area contributed by atoms with Gasteiger partial charge in [-0.1, -0.05) is 25.2 Å². The number of ether oxygens (including phenoxy) is 2. The van der Waals surface area contributed by atoms with Crippen LogP contribution in [0.2, 0.25) is 0 Å². The number of piperidine rings is 1. The third-order valence-corrected chi connectivity index (χ3v) is 4.92. The molecule has 5 heteroatoms. The molecule has 1 fully saturated rings. The van der Waals surface area contributed by atoms with E-state index < -0.39 is 6.29 Å². The molecule has 0 aromatic rings. The van der Waals surface area contributed by atoms with E-state index in [1.54, 1.807) is 12.2 Å². The van der Waals surface area contributed by atoms with Crippen LogP contribution in [0.1, 0.15) is 26.2 Å². The molecule has 3 aliphatic rings. The lowest BCUT2D eigenvalue weighted by Crippen LogP contribution is -2.32. The smallest absolute Gasteiger partial charge is 0.177 e. The van der Waals surface area contributed by atoms with Crippen LogP contribution in [0.3, 0.4) is 0 Å². The lowest BCUT2D eigenvalue weighted by atomic mass is 9.93. The van der Waals surface area contributed by atoms with Gasteiger partial charge in [-0.25, -0.2) is 0 Å². The molecule has 1 aliphatic carbocycles. The van der Waals surface area contributed by atoms with Crippen LogP contribution in [0.25, 0.3) is 0 Å². The van der Waals surface area contributed by atoms with Gasteiger partial charge in [0.15, 0.2) is 6.29 Å². The van der Waals surface area contributed by atoms with Gasteiger partial charge in [0.25, 0.3) is 0 Å². The van der Waals surface area contributed by atoms with E-state index in [4.69, 9.17) is 9.47 Å². The van der Waals surface area contributed by atoms with Gasteiger partial charge in [-0.05, 0) is 44.2 Å². The first-order valence-corrected chi connectivity index (χ1v) is 9.07. The predicted octanol–water partition coefficient (Wildman–Crippen LogP) is 2.26. The lowest BCUT2D eigenvalue weighted by Gasteiger charge is -2.28. The molecule has 136 valence electrons. The van der Waals surface area contributed by atoms with Crippen molar-refractivity contribution in [2.45, 2.75) is 32.5 Å². The van der Waals surface area contributed by atoms with Crippen LogP contribution in [0, 0.1) is 5.92 Å². The summed E-state index contributed by atoms with van der Waals surface area (Å²) in [7, 11) is 0.